The first-order valence-corrected chi connectivity index (χ1v) is 8.17. The normalized spacial score (nSPS) is 13.5. The summed E-state index contributed by atoms with van der Waals surface area (Å²) in [6.07, 6.45) is -0.776. The molecule has 0 aliphatic carbocycles. The smallest absolute Gasteiger partial charge is 0.308 e. The van der Waals surface area contributed by atoms with Crippen molar-refractivity contribution in [1.82, 2.24) is 4.90 Å². The van der Waals surface area contributed by atoms with Gasteiger partial charge in [0.15, 0.2) is 0 Å². The number of hydrogen-bond acceptors (Lipinski definition) is 4. The van der Waals surface area contributed by atoms with Gasteiger partial charge >= 0.3 is 5.97 Å². The summed E-state index contributed by atoms with van der Waals surface area (Å²) in [5, 5.41) is 10.4. The highest BCUT2D eigenvalue weighted by atomic mass is 16.5. The van der Waals surface area contributed by atoms with E-state index in [1.54, 1.807) is 0 Å². The number of esters is 1. The summed E-state index contributed by atoms with van der Waals surface area (Å²) >= 11 is 0. The zero-order chi connectivity index (χ0) is 17.4. The molecule has 0 aliphatic heterocycles. The molecule has 0 spiro atoms. The van der Waals surface area contributed by atoms with Crippen LogP contribution in [0.3, 0.4) is 0 Å². The van der Waals surface area contributed by atoms with Crippen LogP contribution in [0.1, 0.15) is 24.5 Å². The molecular weight excluding hydrogens is 302 g/mol. The highest BCUT2D eigenvalue weighted by molar-refractivity contribution is 5.69. The lowest BCUT2D eigenvalue weighted by molar-refractivity contribution is -0.143. The quantitative estimate of drug-likeness (QED) is 0.757. The second-order valence-electron chi connectivity index (χ2n) is 5.96. The number of ether oxygens (including phenoxy) is 1. The number of aliphatic hydroxyl groups is 1. The molecule has 0 bridgehead atoms. The van der Waals surface area contributed by atoms with Crippen molar-refractivity contribution in [2.75, 3.05) is 7.11 Å². The molecule has 128 valence electrons. The summed E-state index contributed by atoms with van der Waals surface area (Å²) in [7, 11) is 1.34. The van der Waals surface area contributed by atoms with E-state index in [-0.39, 0.29) is 12.5 Å². The van der Waals surface area contributed by atoms with Crippen molar-refractivity contribution < 1.29 is 14.6 Å². The van der Waals surface area contributed by atoms with E-state index in [0.29, 0.717) is 13.1 Å². The predicted octanol–water partition coefficient (Wildman–Crippen LogP) is 3.00. The molecule has 0 amide bonds. The van der Waals surface area contributed by atoms with Crippen LogP contribution >= 0.6 is 0 Å². The zero-order valence-corrected chi connectivity index (χ0v) is 14.3. The molecule has 0 unspecified atom stereocenters. The Hall–Kier alpha value is -2.17. The van der Waals surface area contributed by atoms with Crippen molar-refractivity contribution in [1.29, 1.82) is 0 Å². The molecule has 2 rings (SSSR count). The Kier molecular flexibility index (Phi) is 6.97. The number of carbonyl (C=O) groups excluding carboxylic acids is 1. The van der Waals surface area contributed by atoms with Crippen LogP contribution < -0.4 is 0 Å². The maximum absolute atomic E-state index is 11.5. The van der Waals surface area contributed by atoms with Crippen LogP contribution in [0.15, 0.2) is 60.7 Å². The van der Waals surface area contributed by atoms with Crippen LogP contribution in [0.4, 0.5) is 0 Å². The number of hydrogen-bond donors (Lipinski definition) is 1. The largest absolute Gasteiger partial charge is 0.469 e. The van der Waals surface area contributed by atoms with Gasteiger partial charge in [0, 0.05) is 19.1 Å². The second-order valence-corrected chi connectivity index (χ2v) is 5.96. The lowest BCUT2D eigenvalue weighted by Gasteiger charge is -2.32. The molecule has 4 nitrogen and oxygen atoms in total. The Morgan fingerprint density at radius 3 is 1.88 bits per heavy atom. The molecule has 4 heteroatoms. The van der Waals surface area contributed by atoms with Crippen LogP contribution in [0.2, 0.25) is 0 Å². The topological polar surface area (TPSA) is 49.8 Å². The molecule has 0 radical (unpaired) electrons. The van der Waals surface area contributed by atoms with E-state index in [1.807, 2.05) is 43.3 Å². The summed E-state index contributed by atoms with van der Waals surface area (Å²) in [5.74, 6) is -0.395. The molecule has 0 fully saturated rings. The lowest BCUT2D eigenvalue weighted by Crippen LogP contribution is -2.41. The fraction of sp³-hybridized carbons (Fsp3) is 0.350. The van der Waals surface area contributed by atoms with Crippen LogP contribution in [-0.4, -0.2) is 35.2 Å². The molecule has 0 aromatic heterocycles. The molecule has 0 saturated carbocycles. The Labute approximate surface area is 143 Å². The average Bonchev–Trinajstić information content (AvgIpc) is 2.62. The molecule has 0 heterocycles. The van der Waals surface area contributed by atoms with Crippen molar-refractivity contribution in [3.63, 3.8) is 0 Å². The van der Waals surface area contributed by atoms with Gasteiger partial charge in [-0.15, -0.1) is 0 Å². The highest BCUT2D eigenvalue weighted by Gasteiger charge is 2.24. The van der Waals surface area contributed by atoms with Gasteiger partial charge in [0.05, 0.1) is 19.6 Å². The molecule has 2 aromatic carbocycles. The van der Waals surface area contributed by atoms with Gasteiger partial charge in [-0.05, 0) is 18.1 Å². The van der Waals surface area contributed by atoms with Gasteiger partial charge in [0.1, 0.15) is 0 Å². The Balaban J connectivity index is 2.13. The first-order valence-electron chi connectivity index (χ1n) is 8.17. The monoisotopic (exact) mass is 327 g/mol. The minimum Gasteiger partial charge on any atom is -0.469 e. The fourth-order valence-electron chi connectivity index (χ4n) is 2.65. The Morgan fingerprint density at radius 1 is 1.00 bits per heavy atom. The summed E-state index contributed by atoms with van der Waals surface area (Å²) in [4.78, 5) is 13.6. The van der Waals surface area contributed by atoms with Gasteiger partial charge in [0.2, 0.25) is 0 Å². The number of rotatable bonds is 8. The molecular formula is C20H25NO3. The third-order valence-electron chi connectivity index (χ3n) is 4.19. The number of nitrogens with zero attached hydrogens (tertiary/aromatic N) is 1. The standard InChI is InChI=1S/C20H25NO3/c1-16(19(22)13-20(23)24-2)21(14-17-9-5-3-6-10-17)15-18-11-7-4-8-12-18/h3-12,16,19,22H,13-15H2,1-2H3/t16-,19+/m0/s1. The maximum Gasteiger partial charge on any atom is 0.308 e. The van der Waals surface area contributed by atoms with Crippen LogP contribution in [0.5, 0.6) is 0 Å². The minimum absolute atomic E-state index is 0.00224. The summed E-state index contributed by atoms with van der Waals surface area (Å²) in [6, 6.07) is 20.1. The van der Waals surface area contributed by atoms with E-state index < -0.39 is 12.1 Å². The molecule has 1 N–H and O–H groups in total. The van der Waals surface area contributed by atoms with Crippen molar-refractivity contribution in [2.24, 2.45) is 0 Å². The van der Waals surface area contributed by atoms with E-state index in [1.165, 1.54) is 18.2 Å². The first kappa shape index (κ1) is 18.2. The summed E-state index contributed by atoms with van der Waals surface area (Å²) in [6.45, 7) is 3.35. The van der Waals surface area contributed by atoms with Crippen molar-refractivity contribution in [3.8, 4) is 0 Å². The minimum atomic E-state index is -0.773. The zero-order valence-electron chi connectivity index (χ0n) is 14.3. The van der Waals surface area contributed by atoms with Gasteiger partial charge in [-0.3, -0.25) is 9.69 Å². The SMILES string of the molecule is COC(=O)C[C@@H](O)[C@H](C)N(Cc1ccccc1)Cc1ccccc1. The van der Waals surface area contributed by atoms with E-state index in [4.69, 9.17) is 0 Å². The molecule has 0 saturated heterocycles. The molecule has 2 aromatic rings. The molecule has 0 aliphatic rings. The second kappa shape index (κ2) is 9.21. The third-order valence-corrected chi connectivity index (χ3v) is 4.19. The van der Waals surface area contributed by atoms with Crippen molar-refractivity contribution >= 4 is 5.97 Å². The number of benzene rings is 2. The summed E-state index contributed by atoms with van der Waals surface area (Å²) < 4.78 is 4.67. The molecule has 24 heavy (non-hydrogen) atoms. The molecule has 2 atom stereocenters. The lowest BCUT2D eigenvalue weighted by atomic mass is 10.1. The Bertz CT molecular complexity index is 574. The van der Waals surface area contributed by atoms with E-state index in [2.05, 4.69) is 33.9 Å². The van der Waals surface area contributed by atoms with Crippen LogP contribution in [0.25, 0.3) is 0 Å². The van der Waals surface area contributed by atoms with Gasteiger partial charge < -0.3 is 9.84 Å². The predicted molar refractivity (Wildman–Crippen MR) is 94.2 cm³/mol. The van der Waals surface area contributed by atoms with E-state index in [0.717, 1.165) is 0 Å². The van der Waals surface area contributed by atoms with E-state index >= 15 is 0 Å². The van der Waals surface area contributed by atoms with Crippen molar-refractivity contribution in [3.05, 3.63) is 71.8 Å². The third kappa shape index (κ3) is 5.48. The van der Waals surface area contributed by atoms with Gasteiger partial charge in [-0.1, -0.05) is 60.7 Å². The van der Waals surface area contributed by atoms with Crippen LogP contribution in [-0.2, 0) is 22.6 Å². The first-order chi connectivity index (χ1) is 11.6. The number of aliphatic hydroxyl groups excluding tert-OH is 1. The van der Waals surface area contributed by atoms with Crippen LogP contribution in [0, 0.1) is 0 Å². The fourth-order valence-corrected chi connectivity index (χ4v) is 2.65. The van der Waals surface area contributed by atoms with Gasteiger partial charge in [0.25, 0.3) is 0 Å². The average molecular weight is 327 g/mol. The van der Waals surface area contributed by atoms with E-state index in [9.17, 15) is 9.90 Å². The summed E-state index contributed by atoms with van der Waals surface area (Å²) in [5.41, 5.74) is 2.34. The van der Waals surface area contributed by atoms with Gasteiger partial charge in [-0.25, -0.2) is 0 Å². The number of methoxy groups -OCH3 is 1. The van der Waals surface area contributed by atoms with Gasteiger partial charge in [-0.2, -0.15) is 0 Å². The Morgan fingerprint density at radius 2 is 1.46 bits per heavy atom. The number of carbonyl (C=O) groups is 1. The maximum atomic E-state index is 11.5. The van der Waals surface area contributed by atoms with Crippen molar-refractivity contribution in [2.45, 2.75) is 38.6 Å². The highest BCUT2D eigenvalue weighted by Crippen LogP contribution is 2.17.